The molecule has 0 saturated heterocycles. The van der Waals surface area contributed by atoms with Crippen LogP contribution < -0.4 is 11.1 Å². The predicted octanol–water partition coefficient (Wildman–Crippen LogP) is 2.47. The number of rotatable bonds is 5. The summed E-state index contributed by atoms with van der Waals surface area (Å²) in [6, 6.07) is 8.97. The van der Waals surface area contributed by atoms with Gasteiger partial charge in [-0.15, -0.1) is 0 Å². The number of halogens is 3. The largest absolute Gasteiger partial charge is 0.394 e. The summed E-state index contributed by atoms with van der Waals surface area (Å²) < 4.78 is 38.4. The van der Waals surface area contributed by atoms with Gasteiger partial charge in [0.05, 0.1) is 17.8 Å². The first-order chi connectivity index (χ1) is 9.47. The molecule has 2 atom stereocenters. The number of benzene rings is 1. The number of nitrogens with zero attached hydrogens (tertiary/aromatic N) is 1. The van der Waals surface area contributed by atoms with Crippen LogP contribution in [0.15, 0.2) is 35.3 Å². The quantitative estimate of drug-likeness (QED) is 0.817. The highest BCUT2D eigenvalue weighted by molar-refractivity contribution is 5.82. The zero-order valence-electron chi connectivity index (χ0n) is 11.0. The second kappa shape index (κ2) is 6.26. The van der Waals surface area contributed by atoms with Gasteiger partial charge in [-0.25, -0.2) is 0 Å². The number of amidine groups is 1. The van der Waals surface area contributed by atoms with E-state index in [4.69, 9.17) is 5.73 Å². The van der Waals surface area contributed by atoms with E-state index >= 15 is 0 Å². The molecule has 110 valence electrons. The van der Waals surface area contributed by atoms with Crippen LogP contribution in [0.1, 0.15) is 18.4 Å². The van der Waals surface area contributed by atoms with Crippen molar-refractivity contribution in [2.75, 3.05) is 6.54 Å². The van der Waals surface area contributed by atoms with Gasteiger partial charge in [0.25, 0.3) is 0 Å². The lowest BCUT2D eigenvalue weighted by atomic mass is 9.96. The minimum absolute atomic E-state index is 0.111. The van der Waals surface area contributed by atoms with Crippen molar-refractivity contribution < 1.29 is 13.2 Å². The lowest BCUT2D eigenvalue weighted by molar-refractivity contribution is -0.175. The minimum atomic E-state index is -4.23. The lowest BCUT2D eigenvalue weighted by Gasteiger charge is -2.20. The molecule has 0 saturated carbocycles. The Balaban J connectivity index is 1.78. The van der Waals surface area contributed by atoms with Crippen LogP contribution in [0.4, 0.5) is 13.2 Å². The molecule has 0 bridgehead atoms. The summed E-state index contributed by atoms with van der Waals surface area (Å²) in [5.74, 6) is -1.32. The molecule has 3 nitrogen and oxygen atoms in total. The average molecular weight is 285 g/mol. The van der Waals surface area contributed by atoms with E-state index in [-0.39, 0.29) is 12.3 Å². The first-order valence-corrected chi connectivity index (χ1v) is 6.60. The van der Waals surface area contributed by atoms with Crippen molar-refractivity contribution in [3.05, 3.63) is 35.9 Å². The van der Waals surface area contributed by atoms with E-state index in [9.17, 15) is 13.2 Å². The van der Waals surface area contributed by atoms with E-state index in [1.54, 1.807) is 0 Å². The Hall–Kier alpha value is -1.56. The number of alkyl halides is 3. The molecule has 1 aromatic rings. The summed E-state index contributed by atoms with van der Waals surface area (Å²) in [6.45, 7) is 1.13. The molecule has 6 heteroatoms. The van der Waals surface area contributed by atoms with Gasteiger partial charge in [0.1, 0.15) is 0 Å². The highest BCUT2D eigenvalue weighted by Crippen LogP contribution is 2.37. The van der Waals surface area contributed by atoms with Crippen molar-refractivity contribution in [1.29, 1.82) is 0 Å². The van der Waals surface area contributed by atoms with E-state index in [1.807, 2.05) is 30.3 Å². The number of nitrogens with two attached hydrogens (primary N) is 1. The summed E-state index contributed by atoms with van der Waals surface area (Å²) >= 11 is 0. The third-order valence-corrected chi connectivity index (χ3v) is 3.43. The van der Waals surface area contributed by atoms with E-state index in [2.05, 4.69) is 10.3 Å². The van der Waals surface area contributed by atoms with Crippen LogP contribution in [-0.4, -0.2) is 24.6 Å². The maximum Gasteiger partial charge on any atom is 0.394 e. The predicted molar refractivity (Wildman–Crippen MR) is 72.3 cm³/mol. The molecule has 0 aromatic heterocycles. The van der Waals surface area contributed by atoms with Crippen LogP contribution in [0.2, 0.25) is 0 Å². The molecule has 1 aliphatic heterocycles. The molecular formula is C14H18F3N3. The number of hydrogen-bond acceptors (Lipinski definition) is 3. The highest BCUT2D eigenvalue weighted by Gasteiger charge is 2.47. The average Bonchev–Trinajstić information content (AvgIpc) is 2.77. The highest BCUT2D eigenvalue weighted by atomic mass is 19.4. The van der Waals surface area contributed by atoms with Crippen LogP contribution in [0.3, 0.4) is 0 Å². The zero-order valence-corrected chi connectivity index (χ0v) is 11.0. The lowest BCUT2D eigenvalue weighted by Crippen LogP contribution is -2.32. The van der Waals surface area contributed by atoms with Gasteiger partial charge >= 0.3 is 6.18 Å². The van der Waals surface area contributed by atoms with Crippen LogP contribution >= 0.6 is 0 Å². The van der Waals surface area contributed by atoms with E-state index in [1.165, 1.54) is 0 Å². The Kier molecular flexibility index (Phi) is 4.65. The molecule has 0 spiro atoms. The van der Waals surface area contributed by atoms with Crippen molar-refractivity contribution in [3.8, 4) is 0 Å². The summed E-state index contributed by atoms with van der Waals surface area (Å²) in [6.07, 6.45) is -4.06. The normalized spacial score (nSPS) is 22.9. The first kappa shape index (κ1) is 14.8. The molecule has 1 heterocycles. The van der Waals surface area contributed by atoms with Crippen LogP contribution in [-0.2, 0) is 6.54 Å². The fourth-order valence-corrected chi connectivity index (χ4v) is 2.40. The second-order valence-corrected chi connectivity index (χ2v) is 4.99. The Morgan fingerprint density at radius 3 is 2.60 bits per heavy atom. The van der Waals surface area contributed by atoms with E-state index < -0.39 is 18.1 Å². The van der Waals surface area contributed by atoms with Crippen LogP contribution in [0, 0.1) is 5.92 Å². The maximum atomic E-state index is 12.8. The molecule has 2 rings (SSSR count). The molecule has 0 aliphatic carbocycles. The van der Waals surface area contributed by atoms with Crippen molar-refractivity contribution in [3.63, 3.8) is 0 Å². The summed E-state index contributed by atoms with van der Waals surface area (Å²) in [7, 11) is 0. The molecule has 0 fully saturated rings. The van der Waals surface area contributed by atoms with Gasteiger partial charge in [0.2, 0.25) is 0 Å². The molecule has 0 radical (unpaired) electrons. The Morgan fingerprint density at radius 2 is 1.95 bits per heavy atom. The fourth-order valence-electron chi connectivity index (χ4n) is 2.40. The Bertz CT molecular complexity index is 456. The SMILES string of the molecule is NC1=N[C@@H](CCNCc2ccccc2)C(C(F)(F)F)C1. The standard InChI is InChI=1S/C14H18F3N3/c15-14(16,17)11-8-13(18)20-12(11)6-7-19-9-10-4-2-1-3-5-10/h1-5,11-12,19H,6-9H2,(H2,18,20)/t11?,12-/m0/s1. The first-order valence-electron chi connectivity index (χ1n) is 6.60. The Morgan fingerprint density at radius 1 is 1.25 bits per heavy atom. The van der Waals surface area contributed by atoms with E-state index in [0.29, 0.717) is 19.5 Å². The number of aliphatic imine (C=N–C) groups is 1. The van der Waals surface area contributed by atoms with Gasteiger partial charge in [-0.3, -0.25) is 4.99 Å². The summed E-state index contributed by atoms with van der Waals surface area (Å²) in [4.78, 5) is 3.92. The summed E-state index contributed by atoms with van der Waals surface area (Å²) in [5.41, 5.74) is 6.54. The number of hydrogen-bond donors (Lipinski definition) is 2. The molecule has 0 amide bonds. The molecule has 1 unspecified atom stereocenters. The van der Waals surface area contributed by atoms with Crippen LogP contribution in [0.25, 0.3) is 0 Å². The molecule has 1 aromatic carbocycles. The van der Waals surface area contributed by atoms with E-state index in [0.717, 1.165) is 5.56 Å². The van der Waals surface area contributed by atoms with Crippen molar-refractivity contribution in [2.45, 2.75) is 31.6 Å². The van der Waals surface area contributed by atoms with Crippen molar-refractivity contribution >= 4 is 5.84 Å². The fraction of sp³-hybridized carbons (Fsp3) is 0.500. The van der Waals surface area contributed by atoms with Gasteiger partial charge in [-0.05, 0) is 18.5 Å². The maximum absolute atomic E-state index is 12.8. The second-order valence-electron chi connectivity index (χ2n) is 4.99. The third-order valence-electron chi connectivity index (χ3n) is 3.43. The van der Waals surface area contributed by atoms with Gasteiger partial charge in [-0.1, -0.05) is 30.3 Å². The smallest absolute Gasteiger partial charge is 0.387 e. The van der Waals surface area contributed by atoms with Gasteiger partial charge in [-0.2, -0.15) is 13.2 Å². The third kappa shape index (κ3) is 3.96. The molecular weight excluding hydrogens is 267 g/mol. The molecule has 20 heavy (non-hydrogen) atoms. The van der Waals surface area contributed by atoms with Gasteiger partial charge < -0.3 is 11.1 Å². The Labute approximate surface area is 116 Å². The zero-order chi connectivity index (χ0) is 14.6. The topological polar surface area (TPSA) is 50.4 Å². The minimum Gasteiger partial charge on any atom is -0.387 e. The molecule has 3 N–H and O–H groups in total. The van der Waals surface area contributed by atoms with Crippen molar-refractivity contribution in [2.24, 2.45) is 16.6 Å². The van der Waals surface area contributed by atoms with Crippen LogP contribution in [0.5, 0.6) is 0 Å². The van der Waals surface area contributed by atoms with Gasteiger partial charge in [0, 0.05) is 13.0 Å². The number of nitrogens with one attached hydrogen (secondary N) is 1. The summed E-state index contributed by atoms with van der Waals surface area (Å²) in [5, 5.41) is 3.14. The molecule has 1 aliphatic rings. The van der Waals surface area contributed by atoms with Crippen molar-refractivity contribution in [1.82, 2.24) is 5.32 Å². The monoisotopic (exact) mass is 285 g/mol. The van der Waals surface area contributed by atoms with Gasteiger partial charge in [0.15, 0.2) is 0 Å².